The molecule has 4 N–H and O–H groups in total. The largest absolute Gasteiger partial charge is 0.454 e. The van der Waals surface area contributed by atoms with Crippen molar-refractivity contribution in [2.75, 3.05) is 27.4 Å². The summed E-state index contributed by atoms with van der Waals surface area (Å²) >= 11 is 0. The van der Waals surface area contributed by atoms with Crippen molar-refractivity contribution in [3.63, 3.8) is 0 Å². The lowest BCUT2D eigenvalue weighted by molar-refractivity contribution is -0.899. The van der Waals surface area contributed by atoms with Gasteiger partial charge in [-0.1, -0.05) is 0 Å². The third-order valence-corrected chi connectivity index (χ3v) is 2.78. The fraction of sp³-hybridized carbons (Fsp3) is 0.455. The van der Waals surface area contributed by atoms with E-state index in [1.165, 1.54) is 10.5 Å². The third-order valence-electron chi connectivity index (χ3n) is 2.78. The van der Waals surface area contributed by atoms with Crippen LogP contribution in [0.2, 0.25) is 0 Å². The molecule has 0 bridgehead atoms. The molecule has 0 saturated carbocycles. The van der Waals surface area contributed by atoms with E-state index in [4.69, 9.17) is 9.47 Å². The van der Waals surface area contributed by atoms with Crippen molar-refractivity contribution in [3.05, 3.63) is 23.8 Å². The number of rotatable bonds is 3. The first kappa shape index (κ1) is 10.3. The van der Waals surface area contributed by atoms with Crippen molar-refractivity contribution in [1.29, 1.82) is 0 Å². The Kier molecular flexibility index (Phi) is 2.79. The van der Waals surface area contributed by atoms with Crippen molar-refractivity contribution < 1.29 is 20.1 Å². The van der Waals surface area contributed by atoms with E-state index in [1.54, 1.807) is 0 Å². The lowest BCUT2D eigenvalue weighted by Crippen LogP contribution is -3.07. The molecule has 0 fully saturated rings. The summed E-state index contributed by atoms with van der Waals surface area (Å²) in [5, 5.41) is 0. The molecule has 15 heavy (non-hydrogen) atoms. The standard InChI is InChI=1S/C11H16N2O2/c1-13(2)9(6-12)8-3-4-10-11(5-8)15-7-14-10/h3-5,9H,6-7,12H2,1-2H3/p+2/t9-/m0/s1. The molecule has 2 rings (SSSR count). The maximum atomic E-state index is 5.36. The highest BCUT2D eigenvalue weighted by Gasteiger charge is 2.21. The molecule has 1 aromatic rings. The van der Waals surface area contributed by atoms with Crippen molar-refractivity contribution in [3.8, 4) is 11.5 Å². The van der Waals surface area contributed by atoms with Gasteiger partial charge >= 0.3 is 0 Å². The average Bonchev–Trinajstić information content (AvgIpc) is 2.65. The molecule has 0 aliphatic carbocycles. The van der Waals surface area contributed by atoms with Gasteiger partial charge in [0.25, 0.3) is 0 Å². The average molecular weight is 210 g/mol. The second kappa shape index (κ2) is 4.08. The lowest BCUT2D eigenvalue weighted by Gasteiger charge is -2.18. The van der Waals surface area contributed by atoms with E-state index in [-0.39, 0.29) is 0 Å². The zero-order valence-electron chi connectivity index (χ0n) is 9.25. The minimum atomic E-state index is 0.336. The fourth-order valence-electron chi connectivity index (χ4n) is 1.92. The summed E-state index contributed by atoms with van der Waals surface area (Å²) in [5.41, 5.74) is 5.24. The van der Waals surface area contributed by atoms with Crippen LogP contribution in [0.5, 0.6) is 11.5 Å². The number of likely N-dealkylation sites (N-methyl/N-ethyl adjacent to an activating group) is 1. The van der Waals surface area contributed by atoms with Gasteiger partial charge in [0, 0.05) is 5.56 Å². The minimum Gasteiger partial charge on any atom is -0.454 e. The lowest BCUT2D eigenvalue weighted by atomic mass is 10.1. The Morgan fingerprint density at radius 3 is 2.73 bits per heavy atom. The van der Waals surface area contributed by atoms with Crippen LogP contribution in [0.4, 0.5) is 0 Å². The van der Waals surface area contributed by atoms with Gasteiger partial charge in [-0.3, -0.25) is 0 Å². The Balaban J connectivity index is 2.28. The van der Waals surface area contributed by atoms with E-state index in [2.05, 4.69) is 32.0 Å². The summed E-state index contributed by atoms with van der Waals surface area (Å²) < 4.78 is 10.6. The molecule has 0 saturated heterocycles. The van der Waals surface area contributed by atoms with Crippen molar-refractivity contribution in [2.45, 2.75) is 6.04 Å². The first-order valence-electron chi connectivity index (χ1n) is 5.21. The summed E-state index contributed by atoms with van der Waals surface area (Å²) in [7, 11) is 4.28. The summed E-state index contributed by atoms with van der Waals surface area (Å²) in [6.45, 7) is 1.21. The quantitative estimate of drug-likeness (QED) is 0.661. The van der Waals surface area contributed by atoms with Gasteiger partial charge in [-0.05, 0) is 18.2 Å². The molecule has 4 heteroatoms. The zero-order chi connectivity index (χ0) is 10.8. The molecule has 1 aromatic carbocycles. The van der Waals surface area contributed by atoms with Crippen LogP contribution >= 0.6 is 0 Å². The van der Waals surface area contributed by atoms with Gasteiger partial charge in [0.15, 0.2) is 17.5 Å². The van der Waals surface area contributed by atoms with E-state index in [0.717, 1.165) is 18.0 Å². The molecule has 0 unspecified atom stereocenters. The van der Waals surface area contributed by atoms with Gasteiger partial charge in [0.1, 0.15) is 6.54 Å². The number of benzene rings is 1. The number of nitrogens with one attached hydrogen (secondary N) is 1. The van der Waals surface area contributed by atoms with E-state index in [1.807, 2.05) is 6.07 Å². The van der Waals surface area contributed by atoms with Gasteiger partial charge in [0.2, 0.25) is 6.79 Å². The van der Waals surface area contributed by atoms with Crippen LogP contribution in [-0.2, 0) is 0 Å². The summed E-state index contributed by atoms with van der Waals surface area (Å²) in [5.74, 6) is 1.70. The van der Waals surface area contributed by atoms with Crippen molar-refractivity contribution in [2.24, 2.45) is 0 Å². The van der Waals surface area contributed by atoms with Crippen molar-refractivity contribution >= 4 is 0 Å². The molecule has 1 aliphatic heterocycles. The van der Waals surface area contributed by atoms with Crippen LogP contribution in [0.25, 0.3) is 0 Å². The van der Waals surface area contributed by atoms with Gasteiger partial charge in [-0.2, -0.15) is 0 Å². The maximum Gasteiger partial charge on any atom is 0.231 e. The van der Waals surface area contributed by atoms with Gasteiger partial charge in [-0.15, -0.1) is 0 Å². The van der Waals surface area contributed by atoms with E-state index < -0.39 is 0 Å². The number of ether oxygens (including phenoxy) is 2. The molecule has 82 valence electrons. The smallest absolute Gasteiger partial charge is 0.231 e. The summed E-state index contributed by atoms with van der Waals surface area (Å²) in [6.07, 6.45) is 0. The Morgan fingerprint density at radius 1 is 1.33 bits per heavy atom. The molecule has 1 atom stereocenters. The zero-order valence-corrected chi connectivity index (χ0v) is 9.25. The Labute approximate surface area is 89.6 Å². The Morgan fingerprint density at radius 2 is 2.07 bits per heavy atom. The first-order chi connectivity index (χ1) is 7.22. The second-order valence-electron chi connectivity index (χ2n) is 4.03. The number of hydrogen-bond acceptors (Lipinski definition) is 2. The number of fused-ring (bicyclic) bond motifs is 1. The van der Waals surface area contributed by atoms with Crippen LogP contribution in [0.15, 0.2) is 18.2 Å². The van der Waals surface area contributed by atoms with Crippen LogP contribution < -0.4 is 20.1 Å². The topological polar surface area (TPSA) is 50.5 Å². The fourth-order valence-corrected chi connectivity index (χ4v) is 1.92. The summed E-state index contributed by atoms with van der Waals surface area (Å²) in [4.78, 5) is 1.38. The Bertz CT molecular complexity index is 352. The number of hydrogen-bond donors (Lipinski definition) is 2. The molecule has 1 aliphatic rings. The summed E-state index contributed by atoms with van der Waals surface area (Å²) in [6, 6.07) is 6.55. The second-order valence-corrected chi connectivity index (χ2v) is 4.03. The number of quaternary nitrogens is 2. The maximum absolute atomic E-state index is 5.36. The SMILES string of the molecule is C[NH+](C)[C@@H](C[NH3+])c1ccc2c(c1)OCO2. The van der Waals surface area contributed by atoms with E-state index in [0.29, 0.717) is 12.8 Å². The van der Waals surface area contributed by atoms with Crippen LogP contribution in [-0.4, -0.2) is 27.4 Å². The third kappa shape index (κ3) is 1.91. The van der Waals surface area contributed by atoms with Crippen LogP contribution in [0.1, 0.15) is 11.6 Å². The van der Waals surface area contributed by atoms with Gasteiger partial charge in [0.05, 0.1) is 14.1 Å². The van der Waals surface area contributed by atoms with Gasteiger partial charge < -0.3 is 20.1 Å². The highest BCUT2D eigenvalue weighted by Crippen LogP contribution is 2.33. The highest BCUT2D eigenvalue weighted by atomic mass is 16.7. The van der Waals surface area contributed by atoms with E-state index >= 15 is 0 Å². The molecule has 0 spiro atoms. The molecule has 0 radical (unpaired) electrons. The minimum absolute atomic E-state index is 0.336. The van der Waals surface area contributed by atoms with E-state index in [9.17, 15) is 0 Å². The predicted molar refractivity (Wildman–Crippen MR) is 55.9 cm³/mol. The monoisotopic (exact) mass is 210 g/mol. The van der Waals surface area contributed by atoms with Crippen molar-refractivity contribution in [1.82, 2.24) is 0 Å². The molecule has 1 heterocycles. The first-order valence-corrected chi connectivity index (χ1v) is 5.21. The normalized spacial score (nSPS) is 15.7. The molecule has 0 amide bonds. The molecular weight excluding hydrogens is 192 g/mol. The molecule has 4 nitrogen and oxygen atoms in total. The highest BCUT2D eigenvalue weighted by molar-refractivity contribution is 5.45. The van der Waals surface area contributed by atoms with Gasteiger partial charge in [-0.25, -0.2) is 0 Å². The predicted octanol–water partition coefficient (Wildman–Crippen LogP) is -1.16. The molecular formula is C11H18N2O2+2. The Hall–Kier alpha value is -1.26. The van der Waals surface area contributed by atoms with Crippen LogP contribution in [0.3, 0.4) is 0 Å². The van der Waals surface area contributed by atoms with Crippen LogP contribution in [0, 0.1) is 0 Å². The molecule has 0 aromatic heterocycles.